The lowest BCUT2D eigenvalue weighted by Gasteiger charge is -2.08. The van der Waals surface area contributed by atoms with Crippen molar-refractivity contribution in [2.75, 3.05) is 0 Å². The molecule has 86 valence electrons. The third kappa shape index (κ3) is 2.91. The summed E-state index contributed by atoms with van der Waals surface area (Å²) in [7, 11) is 0. The Morgan fingerprint density at radius 2 is 2.12 bits per heavy atom. The van der Waals surface area contributed by atoms with E-state index in [0.29, 0.717) is 17.1 Å². The summed E-state index contributed by atoms with van der Waals surface area (Å²) in [5.41, 5.74) is 1.56. The number of halogens is 1. The molecule has 2 rings (SSSR count). The maximum atomic E-state index is 10.7. The van der Waals surface area contributed by atoms with Gasteiger partial charge < -0.3 is 4.74 Å². The fourth-order valence-electron chi connectivity index (χ4n) is 1.38. The second-order valence-corrected chi connectivity index (χ2v) is 4.50. The van der Waals surface area contributed by atoms with Crippen molar-refractivity contribution in [2.45, 2.75) is 6.92 Å². The number of hydrogen-bond acceptors (Lipinski definition) is 3. The molecule has 0 aliphatic heterocycles. The first-order chi connectivity index (χ1) is 8.19. The SMILES string of the molecule is Cc1ccc(C=O)cc1Oc1cncc(Br)c1. The maximum Gasteiger partial charge on any atom is 0.150 e. The Bertz CT molecular complexity index is 555. The molecule has 0 saturated carbocycles. The van der Waals surface area contributed by atoms with Gasteiger partial charge in [0.1, 0.15) is 17.8 Å². The Balaban J connectivity index is 2.32. The van der Waals surface area contributed by atoms with Crippen LogP contribution in [-0.4, -0.2) is 11.3 Å². The van der Waals surface area contributed by atoms with E-state index in [0.717, 1.165) is 16.3 Å². The number of hydrogen-bond donors (Lipinski definition) is 0. The third-order valence-corrected chi connectivity index (χ3v) is 2.69. The van der Waals surface area contributed by atoms with Crippen molar-refractivity contribution in [3.63, 3.8) is 0 Å². The van der Waals surface area contributed by atoms with Gasteiger partial charge in [-0.05, 0) is 40.5 Å². The van der Waals surface area contributed by atoms with E-state index in [-0.39, 0.29) is 0 Å². The first kappa shape index (κ1) is 11.8. The molecule has 1 aromatic carbocycles. The van der Waals surface area contributed by atoms with Gasteiger partial charge in [-0.25, -0.2) is 0 Å². The number of benzene rings is 1. The van der Waals surface area contributed by atoms with Crippen LogP contribution in [0.3, 0.4) is 0 Å². The van der Waals surface area contributed by atoms with Crippen LogP contribution in [-0.2, 0) is 0 Å². The van der Waals surface area contributed by atoms with Gasteiger partial charge in [-0.1, -0.05) is 12.1 Å². The van der Waals surface area contributed by atoms with Gasteiger partial charge in [-0.2, -0.15) is 0 Å². The van der Waals surface area contributed by atoms with Crippen molar-refractivity contribution in [2.24, 2.45) is 0 Å². The minimum Gasteiger partial charge on any atom is -0.455 e. The van der Waals surface area contributed by atoms with Gasteiger partial charge in [0.25, 0.3) is 0 Å². The highest BCUT2D eigenvalue weighted by atomic mass is 79.9. The van der Waals surface area contributed by atoms with Crippen LogP contribution in [0.2, 0.25) is 0 Å². The highest BCUT2D eigenvalue weighted by Crippen LogP contribution is 2.26. The molecule has 0 aliphatic rings. The molecule has 0 atom stereocenters. The molecule has 0 N–H and O–H groups in total. The number of ether oxygens (including phenoxy) is 1. The zero-order valence-corrected chi connectivity index (χ0v) is 10.8. The second kappa shape index (κ2) is 5.10. The molecule has 17 heavy (non-hydrogen) atoms. The summed E-state index contributed by atoms with van der Waals surface area (Å²) < 4.78 is 6.53. The summed E-state index contributed by atoms with van der Waals surface area (Å²) in [4.78, 5) is 14.7. The summed E-state index contributed by atoms with van der Waals surface area (Å²) in [6.45, 7) is 1.93. The Hall–Kier alpha value is -1.68. The first-order valence-electron chi connectivity index (χ1n) is 5.03. The lowest BCUT2D eigenvalue weighted by Crippen LogP contribution is -1.90. The lowest BCUT2D eigenvalue weighted by molar-refractivity contribution is 0.112. The fourth-order valence-corrected chi connectivity index (χ4v) is 1.72. The van der Waals surface area contributed by atoms with E-state index >= 15 is 0 Å². The summed E-state index contributed by atoms with van der Waals surface area (Å²) in [5.74, 6) is 1.29. The summed E-state index contributed by atoms with van der Waals surface area (Å²) in [6, 6.07) is 7.14. The average molecular weight is 292 g/mol. The maximum absolute atomic E-state index is 10.7. The van der Waals surface area contributed by atoms with Crippen LogP contribution in [0.15, 0.2) is 41.1 Å². The number of aryl methyl sites for hydroxylation is 1. The minimum atomic E-state index is 0.591. The van der Waals surface area contributed by atoms with Crippen LogP contribution >= 0.6 is 15.9 Å². The van der Waals surface area contributed by atoms with Crippen molar-refractivity contribution >= 4 is 22.2 Å². The topological polar surface area (TPSA) is 39.2 Å². The molecule has 1 heterocycles. The van der Waals surface area contributed by atoms with E-state index in [1.807, 2.05) is 19.1 Å². The Kier molecular flexibility index (Phi) is 3.54. The van der Waals surface area contributed by atoms with Crippen molar-refractivity contribution in [1.29, 1.82) is 0 Å². The van der Waals surface area contributed by atoms with Crippen LogP contribution in [0.25, 0.3) is 0 Å². The van der Waals surface area contributed by atoms with Crippen LogP contribution in [0.4, 0.5) is 0 Å². The third-order valence-electron chi connectivity index (χ3n) is 2.26. The second-order valence-electron chi connectivity index (χ2n) is 3.58. The Morgan fingerprint density at radius 3 is 2.82 bits per heavy atom. The highest BCUT2D eigenvalue weighted by molar-refractivity contribution is 9.10. The number of rotatable bonds is 3. The van der Waals surface area contributed by atoms with Gasteiger partial charge in [0.15, 0.2) is 0 Å². The average Bonchev–Trinajstić information content (AvgIpc) is 2.32. The predicted octanol–water partition coefficient (Wildman–Crippen LogP) is 3.76. The predicted molar refractivity (Wildman–Crippen MR) is 68.6 cm³/mol. The van der Waals surface area contributed by atoms with Crippen molar-refractivity contribution in [3.05, 3.63) is 52.3 Å². The van der Waals surface area contributed by atoms with E-state index in [1.54, 1.807) is 24.5 Å². The standard InChI is InChI=1S/C13H10BrNO2/c1-9-2-3-10(8-16)4-13(9)17-12-5-11(14)6-15-7-12/h2-8H,1H3. The summed E-state index contributed by atoms with van der Waals surface area (Å²) >= 11 is 3.32. The molecule has 4 heteroatoms. The minimum absolute atomic E-state index is 0.591. The van der Waals surface area contributed by atoms with Crippen LogP contribution < -0.4 is 4.74 Å². The molecule has 1 aromatic heterocycles. The van der Waals surface area contributed by atoms with Crippen LogP contribution in [0, 0.1) is 6.92 Å². The quantitative estimate of drug-likeness (QED) is 0.809. The van der Waals surface area contributed by atoms with Gasteiger partial charge in [-0.15, -0.1) is 0 Å². The van der Waals surface area contributed by atoms with E-state index in [9.17, 15) is 4.79 Å². The number of carbonyl (C=O) groups is 1. The van der Waals surface area contributed by atoms with Crippen LogP contribution in [0.1, 0.15) is 15.9 Å². The van der Waals surface area contributed by atoms with Crippen molar-refractivity contribution in [3.8, 4) is 11.5 Å². The smallest absolute Gasteiger partial charge is 0.150 e. The van der Waals surface area contributed by atoms with Crippen molar-refractivity contribution < 1.29 is 9.53 Å². The van der Waals surface area contributed by atoms with E-state index < -0.39 is 0 Å². The van der Waals surface area contributed by atoms with E-state index in [4.69, 9.17) is 4.74 Å². The molecular weight excluding hydrogens is 282 g/mol. The number of nitrogens with zero attached hydrogens (tertiary/aromatic N) is 1. The molecule has 0 amide bonds. The fraction of sp³-hybridized carbons (Fsp3) is 0.0769. The number of pyridine rings is 1. The Labute approximate surface area is 108 Å². The van der Waals surface area contributed by atoms with Gasteiger partial charge >= 0.3 is 0 Å². The molecule has 0 bridgehead atoms. The van der Waals surface area contributed by atoms with E-state index in [2.05, 4.69) is 20.9 Å². The molecule has 0 aliphatic carbocycles. The highest BCUT2D eigenvalue weighted by Gasteiger charge is 2.03. The molecule has 0 fully saturated rings. The number of aldehydes is 1. The number of carbonyl (C=O) groups excluding carboxylic acids is 1. The van der Waals surface area contributed by atoms with Crippen molar-refractivity contribution in [1.82, 2.24) is 4.98 Å². The summed E-state index contributed by atoms with van der Waals surface area (Å²) in [5, 5.41) is 0. The Morgan fingerprint density at radius 1 is 1.29 bits per heavy atom. The molecule has 0 spiro atoms. The lowest BCUT2D eigenvalue weighted by atomic mass is 10.1. The molecule has 0 unspecified atom stereocenters. The molecule has 0 saturated heterocycles. The normalized spacial score (nSPS) is 10.0. The first-order valence-corrected chi connectivity index (χ1v) is 5.82. The van der Waals surface area contributed by atoms with Gasteiger partial charge in [-0.3, -0.25) is 9.78 Å². The van der Waals surface area contributed by atoms with Gasteiger partial charge in [0, 0.05) is 16.2 Å². The molecule has 0 radical (unpaired) electrons. The zero-order chi connectivity index (χ0) is 12.3. The zero-order valence-electron chi connectivity index (χ0n) is 9.18. The molecule has 2 aromatic rings. The monoisotopic (exact) mass is 291 g/mol. The largest absolute Gasteiger partial charge is 0.455 e. The van der Waals surface area contributed by atoms with Gasteiger partial charge in [0.05, 0.1) is 6.20 Å². The molecular formula is C13H10BrNO2. The summed E-state index contributed by atoms with van der Waals surface area (Å²) in [6.07, 6.45) is 4.10. The van der Waals surface area contributed by atoms with Gasteiger partial charge in [0.2, 0.25) is 0 Å². The van der Waals surface area contributed by atoms with Crippen LogP contribution in [0.5, 0.6) is 11.5 Å². The van der Waals surface area contributed by atoms with E-state index in [1.165, 1.54) is 0 Å². The molecule has 3 nitrogen and oxygen atoms in total. The number of aromatic nitrogens is 1.